The van der Waals surface area contributed by atoms with E-state index in [0.717, 1.165) is 30.6 Å². The number of aromatic nitrogens is 1. The number of nitrogens with zero attached hydrogens (tertiary/aromatic N) is 2. The van der Waals surface area contributed by atoms with Crippen LogP contribution in [0.1, 0.15) is 24.8 Å². The lowest BCUT2D eigenvalue weighted by atomic mass is 9.94. The summed E-state index contributed by atoms with van der Waals surface area (Å²) < 4.78 is 19.1. The van der Waals surface area contributed by atoms with Crippen molar-refractivity contribution in [2.75, 3.05) is 13.1 Å². The second kappa shape index (κ2) is 5.89. The summed E-state index contributed by atoms with van der Waals surface area (Å²) in [6, 6.07) is 9.99. The van der Waals surface area contributed by atoms with Crippen LogP contribution in [0.25, 0.3) is 0 Å². The minimum atomic E-state index is -0.445. The number of carbonyl (C=O) groups excluding carboxylic acids is 1. The van der Waals surface area contributed by atoms with E-state index in [2.05, 4.69) is 4.98 Å². The van der Waals surface area contributed by atoms with E-state index in [9.17, 15) is 9.18 Å². The molecule has 1 saturated carbocycles. The average Bonchev–Trinajstić information content (AvgIpc) is 3.29. The van der Waals surface area contributed by atoms with Crippen molar-refractivity contribution in [2.45, 2.75) is 30.8 Å². The quantitative estimate of drug-likeness (QED) is 0.867. The van der Waals surface area contributed by atoms with Crippen molar-refractivity contribution in [1.82, 2.24) is 9.88 Å². The van der Waals surface area contributed by atoms with Crippen LogP contribution in [0.15, 0.2) is 48.8 Å². The third-order valence-electron chi connectivity index (χ3n) is 4.94. The lowest BCUT2D eigenvalue weighted by molar-refractivity contribution is -0.133. The Balaban J connectivity index is 1.43. The van der Waals surface area contributed by atoms with Crippen LogP contribution in [-0.4, -0.2) is 35.0 Å². The molecule has 24 heavy (non-hydrogen) atoms. The van der Waals surface area contributed by atoms with Crippen LogP contribution in [0.2, 0.25) is 0 Å². The lowest BCUT2D eigenvalue weighted by Gasteiger charge is -2.23. The van der Waals surface area contributed by atoms with E-state index < -0.39 is 5.41 Å². The van der Waals surface area contributed by atoms with Crippen LogP contribution >= 0.6 is 0 Å². The summed E-state index contributed by atoms with van der Waals surface area (Å²) >= 11 is 0. The Morgan fingerprint density at radius 3 is 2.54 bits per heavy atom. The van der Waals surface area contributed by atoms with Gasteiger partial charge in [0.2, 0.25) is 5.91 Å². The fourth-order valence-electron chi connectivity index (χ4n) is 3.44. The van der Waals surface area contributed by atoms with Crippen LogP contribution in [0, 0.1) is 5.82 Å². The largest absolute Gasteiger partial charge is 0.488 e. The number of rotatable bonds is 4. The third kappa shape index (κ3) is 2.75. The van der Waals surface area contributed by atoms with Crippen LogP contribution in [0.5, 0.6) is 5.75 Å². The van der Waals surface area contributed by atoms with Gasteiger partial charge in [0.15, 0.2) is 0 Å². The van der Waals surface area contributed by atoms with E-state index in [1.807, 2.05) is 17.0 Å². The molecule has 1 saturated heterocycles. The highest BCUT2D eigenvalue weighted by Crippen LogP contribution is 2.50. The number of pyridine rings is 1. The van der Waals surface area contributed by atoms with Crippen molar-refractivity contribution in [3.63, 3.8) is 0 Å². The van der Waals surface area contributed by atoms with Gasteiger partial charge in [-0.05, 0) is 42.7 Å². The molecule has 1 atom stereocenters. The molecule has 2 aliphatic rings. The minimum Gasteiger partial charge on any atom is -0.488 e. The molecule has 0 radical (unpaired) electrons. The van der Waals surface area contributed by atoms with Gasteiger partial charge < -0.3 is 9.64 Å². The molecule has 5 heteroatoms. The molecule has 0 N–H and O–H groups in total. The van der Waals surface area contributed by atoms with E-state index in [1.54, 1.807) is 24.5 Å². The molecule has 0 bridgehead atoms. The van der Waals surface area contributed by atoms with Gasteiger partial charge in [-0.15, -0.1) is 0 Å². The zero-order valence-corrected chi connectivity index (χ0v) is 13.3. The van der Waals surface area contributed by atoms with Gasteiger partial charge in [0.25, 0.3) is 0 Å². The first kappa shape index (κ1) is 15.1. The van der Waals surface area contributed by atoms with E-state index in [0.29, 0.717) is 13.1 Å². The molecule has 1 amide bonds. The molecule has 1 aromatic carbocycles. The number of likely N-dealkylation sites (tertiary alicyclic amines) is 1. The second-order valence-corrected chi connectivity index (χ2v) is 6.55. The van der Waals surface area contributed by atoms with Gasteiger partial charge in [0.1, 0.15) is 17.7 Å². The lowest BCUT2D eigenvalue weighted by Crippen LogP contribution is -2.38. The molecule has 2 aromatic rings. The average molecular weight is 326 g/mol. The van der Waals surface area contributed by atoms with Crippen LogP contribution in [0.4, 0.5) is 4.39 Å². The second-order valence-electron chi connectivity index (χ2n) is 6.55. The number of benzene rings is 1. The fourth-order valence-corrected chi connectivity index (χ4v) is 3.44. The molecule has 1 aliphatic heterocycles. The molecule has 4 nitrogen and oxygen atoms in total. The Labute approximate surface area is 140 Å². The van der Waals surface area contributed by atoms with Gasteiger partial charge in [-0.3, -0.25) is 9.78 Å². The Kier molecular flexibility index (Phi) is 3.71. The molecule has 1 aliphatic carbocycles. The van der Waals surface area contributed by atoms with Gasteiger partial charge in [0.05, 0.1) is 12.0 Å². The molecule has 124 valence electrons. The highest BCUT2D eigenvalue weighted by Gasteiger charge is 2.53. The first-order valence-electron chi connectivity index (χ1n) is 8.29. The van der Waals surface area contributed by atoms with Crippen molar-refractivity contribution < 1.29 is 13.9 Å². The topological polar surface area (TPSA) is 42.4 Å². The number of amides is 1. The SMILES string of the molecule is O=C(N1CC[C@H](Oc2ccncc2)C1)C1(c2ccc(F)cc2)CC1. The van der Waals surface area contributed by atoms with E-state index in [1.165, 1.54) is 12.1 Å². The van der Waals surface area contributed by atoms with Crippen molar-refractivity contribution in [1.29, 1.82) is 0 Å². The van der Waals surface area contributed by atoms with Gasteiger partial charge in [-0.25, -0.2) is 4.39 Å². The van der Waals surface area contributed by atoms with Crippen molar-refractivity contribution in [2.24, 2.45) is 0 Å². The smallest absolute Gasteiger partial charge is 0.233 e. The number of hydrogen-bond acceptors (Lipinski definition) is 3. The highest BCUT2D eigenvalue weighted by molar-refractivity contribution is 5.91. The zero-order valence-electron chi connectivity index (χ0n) is 13.3. The normalized spacial score (nSPS) is 21.5. The van der Waals surface area contributed by atoms with Crippen molar-refractivity contribution in [3.05, 3.63) is 60.2 Å². The number of carbonyl (C=O) groups is 1. The Bertz CT molecular complexity index is 729. The van der Waals surface area contributed by atoms with Gasteiger partial charge in [-0.1, -0.05) is 12.1 Å². The Morgan fingerprint density at radius 1 is 1.17 bits per heavy atom. The first-order chi connectivity index (χ1) is 11.7. The van der Waals surface area contributed by atoms with Gasteiger partial charge in [-0.2, -0.15) is 0 Å². The van der Waals surface area contributed by atoms with E-state index >= 15 is 0 Å². The molecule has 0 spiro atoms. The molecular formula is C19H19FN2O2. The Hall–Kier alpha value is -2.43. The fraction of sp³-hybridized carbons (Fsp3) is 0.368. The summed E-state index contributed by atoms with van der Waals surface area (Å²) in [5.74, 6) is 0.660. The van der Waals surface area contributed by atoms with Crippen LogP contribution < -0.4 is 4.74 Å². The predicted molar refractivity (Wildman–Crippen MR) is 87.2 cm³/mol. The summed E-state index contributed by atoms with van der Waals surface area (Å²) in [6.07, 6.45) is 5.91. The number of ether oxygens (including phenoxy) is 1. The van der Waals surface area contributed by atoms with E-state index in [4.69, 9.17) is 4.74 Å². The number of hydrogen-bond donors (Lipinski definition) is 0. The molecule has 2 fully saturated rings. The summed E-state index contributed by atoms with van der Waals surface area (Å²) in [6.45, 7) is 1.31. The van der Waals surface area contributed by atoms with Crippen molar-refractivity contribution in [3.8, 4) is 5.75 Å². The highest BCUT2D eigenvalue weighted by atomic mass is 19.1. The monoisotopic (exact) mass is 326 g/mol. The maximum Gasteiger partial charge on any atom is 0.233 e. The summed E-state index contributed by atoms with van der Waals surface area (Å²) in [5, 5.41) is 0. The maximum atomic E-state index is 13.1. The Morgan fingerprint density at radius 2 is 1.88 bits per heavy atom. The zero-order chi connectivity index (χ0) is 16.6. The molecule has 2 heterocycles. The molecule has 1 aromatic heterocycles. The van der Waals surface area contributed by atoms with E-state index in [-0.39, 0.29) is 17.8 Å². The van der Waals surface area contributed by atoms with Crippen LogP contribution in [0.3, 0.4) is 0 Å². The van der Waals surface area contributed by atoms with Crippen molar-refractivity contribution >= 4 is 5.91 Å². The number of halogens is 1. The standard InChI is InChI=1S/C19H19FN2O2/c20-15-3-1-14(2-4-15)19(8-9-19)18(23)22-12-7-17(13-22)24-16-5-10-21-11-6-16/h1-6,10-11,17H,7-9,12-13H2/t17-/m0/s1. The molecule has 4 rings (SSSR count). The summed E-state index contributed by atoms with van der Waals surface area (Å²) in [4.78, 5) is 18.8. The van der Waals surface area contributed by atoms with Gasteiger partial charge >= 0.3 is 0 Å². The van der Waals surface area contributed by atoms with Gasteiger partial charge in [0, 0.05) is 25.4 Å². The van der Waals surface area contributed by atoms with Crippen LogP contribution in [-0.2, 0) is 10.2 Å². The summed E-state index contributed by atoms with van der Waals surface area (Å²) in [7, 11) is 0. The summed E-state index contributed by atoms with van der Waals surface area (Å²) in [5.41, 5.74) is 0.478. The first-order valence-corrected chi connectivity index (χ1v) is 8.29. The molecular weight excluding hydrogens is 307 g/mol. The predicted octanol–water partition coefficient (Wildman–Crippen LogP) is 2.93. The third-order valence-corrected chi connectivity index (χ3v) is 4.94. The molecule has 0 unspecified atom stereocenters. The maximum absolute atomic E-state index is 13.1. The minimum absolute atomic E-state index is 0.0142.